The van der Waals surface area contributed by atoms with Crippen LogP contribution in [0.4, 0.5) is 75.9 Å². The zero-order valence-corrected chi connectivity index (χ0v) is 20.7. The van der Waals surface area contributed by atoms with Crippen molar-refractivity contribution in [2.45, 2.75) is 52.6 Å². The molecule has 1 amide bonds. The molecule has 1 aliphatic rings. The van der Waals surface area contributed by atoms with Crippen molar-refractivity contribution >= 4 is 21.7 Å². The minimum Gasteiger partial charge on any atom is -0.744 e. The molecule has 1 unspecified atom stereocenters. The summed E-state index contributed by atoms with van der Waals surface area (Å²) in [4.78, 5) is 6.13. The first-order valence-electron chi connectivity index (χ1n) is 8.67. The van der Waals surface area contributed by atoms with Crippen LogP contribution in [-0.4, -0.2) is 71.5 Å². The third-order valence-corrected chi connectivity index (χ3v) is 5.76. The van der Waals surface area contributed by atoms with Crippen molar-refractivity contribution < 1.29 is 118 Å². The van der Waals surface area contributed by atoms with Crippen LogP contribution in [-0.2, 0) is 14.9 Å². The van der Waals surface area contributed by atoms with E-state index in [1.807, 2.05) is 0 Å². The number of alkyl halides is 16. The van der Waals surface area contributed by atoms with Crippen LogP contribution in [0.2, 0.25) is 0 Å². The van der Waals surface area contributed by atoms with E-state index < -0.39 is 79.3 Å². The second-order valence-electron chi connectivity index (χ2n) is 7.27. The quantitative estimate of drug-likeness (QED) is 0.231. The number of hydrogen-bond donors (Lipinski definition) is 1. The molecule has 1 aromatic rings. The monoisotopic (exact) mass is 636 g/mol. The summed E-state index contributed by atoms with van der Waals surface area (Å²) in [5.74, 6) is -28.0. The Bertz CT molecular complexity index is 1190. The largest absolute Gasteiger partial charge is 1.00 e. The van der Waals surface area contributed by atoms with Crippen LogP contribution in [0.15, 0.2) is 29.2 Å². The molecule has 1 heterocycles. The fourth-order valence-corrected chi connectivity index (χ4v) is 3.37. The van der Waals surface area contributed by atoms with Crippen molar-refractivity contribution in [1.29, 1.82) is 0 Å². The molecule has 1 aliphatic heterocycles. The number of halogens is 16. The van der Waals surface area contributed by atoms with Gasteiger partial charge in [-0.1, -0.05) is 0 Å². The molecule has 0 bridgehead atoms. The average molecular weight is 636 g/mol. The van der Waals surface area contributed by atoms with E-state index in [9.17, 15) is 88.0 Å². The van der Waals surface area contributed by atoms with E-state index in [2.05, 4.69) is 0 Å². The summed E-state index contributed by atoms with van der Waals surface area (Å²) in [6, 6.07) is -24.0. The fourth-order valence-electron chi connectivity index (χ4n) is 2.90. The maximum atomic E-state index is 14.8. The van der Waals surface area contributed by atoms with Crippen molar-refractivity contribution in [3.63, 3.8) is 0 Å². The fraction of sp³-hybridized carbons (Fsp3) is 0.533. The summed E-state index contributed by atoms with van der Waals surface area (Å²) in [6.45, 7) is 0. The van der Waals surface area contributed by atoms with Crippen LogP contribution in [0, 0.1) is 0 Å². The summed E-state index contributed by atoms with van der Waals surface area (Å²) in [5, 5.41) is 0.475. The standard InChI is InChI=1S/C15H6F16N2O4S.Na/c16-8(12(23,24)25,7(34)32-5-1-3-6(4-2-5)38(35,36)37)13(26,27)33-14(28,29)10(19,20)9(17,18)11(21,22)15(33,30)31;/h1-4H,(H,32,34)(H,35,36,37);/q;+1/p-1. The van der Waals surface area contributed by atoms with Crippen molar-refractivity contribution in [2.24, 2.45) is 0 Å². The van der Waals surface area contributed by atoms with Gasteiger partial charge in [-0.3, -0.25) is 4.79 Å². The summed E-state index contributed by atoms with van der Waals surface area (Å²) >= 11 is 0. The molecule has 1 atom stereocenters. The van der Waals surface area contributed by atoms with Crippen LogP contribution < -0.4 is 34.9 Å². The molecular formula is C15H5F16N2NaO4S. The summed E-state index contributed by atoms with van der Waals surface area (Å²) in [7, 11) is -5.31. The Balaban J connectivity index is 0.00000760. The van der Waals surface area contributed by atoms with Gasteiger partial charge in [0.2, 0.25) is 0 Å². The molecule has 1 aromatic carbocycles. The molecule has 0 aliphatic carbocycles. The zero-order valence-electron chi connectivity index (χ0n) is 17.8. The Morgan fingerprint density at radius 2 is 1.10 bits per heavy atom. The molecule has 0 spiro atoms. The van der Waals surface area contributed by atoms with Gasteiger partial charge in [0.05, 0.1) is 4.90 Å². The van der Waals surface area contributed by atoms with Crippen molar-refractivity contribution in [1.82, 2.24) is 4.90 Å². The maximum absolute atomic E-state index is 14.8. The Morgan fingerprint density at radius 3 is 1.41 bits per heavy atom. The number of nitrogens with zero attached hydrogens (tertiary/aromatic N) is 1. The summed E-state index contributed by atoms with van der Waals surface area (Å²) < 4.78 is 252. The molecule has 0 saturated carbocycles. The van der Waals surface area contributed by atoms with Crippen LogP contribution in [0.5, 0.6) is 0 Å². The topological polar surface area (TPSA) is 89.5 Å². The first kappa shape index (κ1) is 35.5. The molecule has 2 rings (SSSR count). The summed E-state index contributed by atoms with van der Waals surface area (Å²) in [5.41, 5.74) is -9.02. The van der Waals surface area contributed by atoms with Gasteiger partial charge in [-0.2, -0.15) is 65.9 Å². The van der Waals surface area contributed by atoms with Crippen LogP contribution >= 0.6 is 0 Å². The van der Waals surface area contributed by atoms with E-state index in [1.54, 1.807) is 0 Å². The van der Waals surface area contributed by atoms with E-state index in [4.69, 9.17) is 0 Å². The van der Waals surface area contributed by atoms with Gasteiger partial charge in [-0.05, 0) is 24.3 Å². The number of likely N-dealkylation sites (tertiary alicyclic amines) is 1. The number of carbonyl (C=O) groups is 1. The molecule has 1 N–H and O–H groups in total. The molecular weight excluding hydrogens is 631 g/mol. The number of piperidine rings is 1. The Hall–Kier alpha value is -1.56. The number of anilines is 1. The normalized spacial score (nSPS) is 23.7. The maximum Gasteiger partial charge on any atom is 1.00 e. The molecule has 39 heavy (non-hydrogen) atoms. The predicted molar refractivity (Wildman–Crippen MR) is 84.4 cm³/mol. The van der Waals surface area contributed by atoms with E-state index in [0.717, 1.165) is 0 Å². The van der Waals surface area contributed by atoms with E-state index in [1.165, 1.54) is 0 Å². The van der Waals surface area contributed by atoms with Gasteiger partial charge in [0.25, 0.3) is 5.91 Å². The molecule has 0 aromatic heterocycles. The molecule has 6 nitrogen and oxygen atoms in total. The van der Waals surface area contributed by atoms with E-state index in [-0.39, 0.29) is 53.8 Å². The summed E-state index contributed by atoms with van der Waals surface area (Å²) in [6.07, 6.45) is -7.71. The molecule has 1 fully saturated rings. The minimum atomic E-state index is -8.22. The number of amides is 1. The Morgan fingerprint density at radius 1 is 0.744 bits per heavy atom. The number of rotatable bonds is 5. The van der Waals surface area contributed by atoms with Gasteiger partial charge in [0, 0.05) is 5.69 Å². The van der Waals surface area contributed by atoms with Crippen molar-refractivity contribution in [3.8, 4) is 0 Å². The van der Waals surface area contributed by atoms with Gasteiger partial charge in [0.1, 0.15) is 10.1 Å². The van der Waals surface area contributed by atoms with Crippen LogP contribution in [0.1, 0.15) is 0 Å². The molecule has 0 radical (unpaired) electrons. The first-order valence-corrected chi connectivity index (χ1v) is 10.1. The Labute approximate surface area is 226 Å². The van der Waals surface area contributed by atoms with E-state index >= 15 is 0 Å². The second-order valence-corrected chi connectivity index (χ2v) is 8.65. The van der Waals surface area contributed by atoms with E-state index in [0.29, 0.717) is 5.32 Å². The predicted octanol–water partition coefficient (Wildman–Crippen LogP) is 1.80. The van der Waals surface area contributed by atoms with Crippen molar-refractivity contribution in [3.05, 3.63) is 24.3 Å². The second kappa shape index (κ2) is 9.49. The van der Waals surface area contributed by atoms with Crippen molar-refractivity contribution in [2.75, 3.05) is 5.32 Å². The molecule has 24 heteroatoms. The molecule has 1 saturated heterocycles. The van der Waals surface area contributed by atoms with Gasteiger partial charge in [-0.15, -0.1) is 4.90 Å². The zero-order chi connectivity index (χ0) is 30.3. The molecule has 218 valence electrons. The SMILES string of the molecule is O=C(Nc1ccc(S(=O)(=O)[O-])cc1)C(F)(C(F)(F)F)C(F)(F)N1C(F)(F)C(F)(F)C(F)(F)C(F)(F)C1(F)F.[Na+]. The first-order chi connectivity index (χ1) is 16.5. The van der Waals surface area contributed by atoms with Gasteiger partial charge in [-0.25, -0.2) is 12.8 Å². The van der Waals surface area contributed by atoms with Gasteiger partial charge >= 0.3 is 77.3 Å². The number of benzene rings is 1. The Kier molecular flexibility index (Phi) is 8.63. The average Bonchev–Trinajstić information content (AvgIpc) is 2.69. The van der Waals surface area contributed by atoms with Gasteiger partial charge < -0.3 is 9.87 Å². The van der Waals surface area contributed by atoms with Crippen LogP contribution in [0.25, 0.3) is 0 Å². The van der Waals surface area contributed by atoms with Gasteiger partial charge in [0.15, 0.2) is 0 Å². The smallest absolute Gasteiger partial charge is 0.744 e. The van der Waals surface area contributed by atoms with Crippen LogP contribution in [0.3, 0.4) is 0 Å². The minimum absolute atomic E-state index is 0. The third kappa shape index (κ3) is 4.65. The third-order valence-electron chi connectivity index (χ3n) is 4.91. The number of nitrogens with one attached hydrogen (secondary N) is 1. The number of hydrogen-bond acceptors (Lipinski definition) is 5. The number of carbonyl (C=O) groups excluding carboxylic acids is 1.